The molecular weight excluding hydrogens is 314 g/mol. The number of nitrogens with one attached hydrogen (secondary N) is 1. The number of amides is 2. The Hall–Kier alpha value is -3.53. The fourth-order valence-electron chi connectivity index (χ4n) is 2.46. The molecule has 4 heteroatoms. The van der Waals surface area contributed by atoms with E-state index >= 15 is 0 Å². The second-order valence-corrected chi connectivity index (χ2v) is 5.39. The molecule has 0 saturated heterocycles. The molecule has 3 aromatic rings. The SMILES string of the molecule is O=C(c1ccccc1)c1ccccc1.O=C1NC(=O)c2ccccc21. The first-order valence-corrected chi connectivity index (χ1v) is 7.76. The second kappa shape index (κ2) is 7.36. The molecule has 2 amide bonds. The molecule has 0 unspecified atom stereocenters. The first kappa shape index (κ1) is 16.3. The minimum absolute atomic E-state index is 0.0752. The summed E-state index contributed by atoms with van der Waals surface area (Å²) in [6.45, 7) is 0. The number of carbonyl (C=O) groups excluding carboxylic acids is 3. The molecule has 0 saturated carbocycles. The number of hydrogen-bond donors (Lipinski definition) is 1. The van der Waals surface area contributed by atoms with Crippen LogP contribution in [0, 0.1) is 0 Å². The van der Waals surface area contributed by atoms with Crippen LogP contribution in [0.2, 0.25) is 0 Å². The van der Waals surface area contributed by atoms with E-state index in [2.05, 4.69) is 5.32 Å². The standard InChI is InChI=1S/C13H10O.C8H5NO2/c14-13(11-7-3-1-4-8-11)12-9-5-2-6-10-12;10-7-5-3-1-2-4-6(5)8(11)9-7/h1-10H;1-4H,(H,9,10,11). The fourth-order valence-corrected chi connectivity index (χ4v) is 2.46. The van der Waals surface area contributed by atoms with Crippen LogP contribution in [0.1, 0.15) is 36.6 Å². The minimum atomic E-state index is -0.300. The molecule has 0 atom stereocenters. The number of fused-ring (bicyclic) bond motifs is 1. The van der Waals surface area contributed by atoms with Crippen molar-refractivity contribution in [2.75, 3.05) is 0 Å². The summed E-state index contributed by atoms with van der Waals surface area (Å²) in [5.41, 5.74) is 2.41. The highest BCUT2D eigenvalue weighted by molar-refractivity contribution is 6.21. The van der Waals surface area contributed by atoms with E-state index < -0.39 is 0 Å². The fraction of sp³-hybridized carbons (Fsp3) is 0. The van der Waals surface area contributed by atoms with Crippen LogP contribution in [0.25, 0.3) is 0 Å². The molecule has 3 aromatic carbocycles. The first-order valence-electron chi connectivity index (χ1n) is 7.76. The van der Waals surface area contributed by atoms with Crippen molar-refractivity contribution in [3.63, 3.8) is 0 Å². The monoisotopic (exact) mass is 329 g/mol. The van der Waals surface area contributed by atoms with Gasteiger partial charge in [0, 0.05) is 11.1 Å². The largest absolute Gasteiger partial charge is 0.289 e. The third-order valence-electron chi connectivity index (χ3n) is 3.72. The zero-order valence-corrected chi connectivity index (χ0v) is 13.3. The van der Waals surface area contributed by atoms with E-state index in [1.54, 1.807) is 24.3 Å². The molecule has 1 heterocycles. The zero-order chi connectivity index (χ0) is 17.6. The normalized spacial score (nSPS) is 11.8. The van der Waals surface area contributed by atoms with Gasteiger partial charge < -0.3 is 0 Å². The summed E-state index contributed by atoms with van der Waals surface area (Å²) >= 11 is 0. The van der Waals surface area contributed by atoms with Gasteiger partial charge in [-0.15, -0.1) is 0 Å². The van der Waals surface area contributed by atoms with Crippen molar-refractivity contribution in [3.05, 3.63) is 107 Å². The Morgan fingerprint density at radius 2 is 0.920 bits per heavy atom. The maximum atomic E-state index is 11.8. The van der Waals surface area contributed by atoms with Gasteiger partial charge in [0.15, 0.2) is 5.78 Å². The first-order chi connectivity index (χ1) is 12.2. The van der Waals surface area contributed by atoms with Crippen molar-refractivity contribution in [2.45, 2.75) is 0 Å². The predicted molar refractivity (Wildman–Crippen MR) is 94.6 cm³/mol. The number of benzene rings is 3. The van der Waals surface area contributed by atoms with Crippen LogP contribution < -0.4 is 5.32 Å². The molecule has 0 aromatic heterocycles. The van der Waals surface area contributed by atoms with E-state index in [4.69, 9.17) is 0 Å². The Bertz CT molecular complexity index is 844. The summed E-state index contributed by atoms with van der Waals surface area (Å²) in [5, 5.41) is 2.20. The van der Waals surface area contributed by atoms with E-state index in [-0.39, 0.29) is 17.6 Å². The Balaban J connectivity index is 0.000000150. The van der Waals surface area contributed by atoms with Crippen LogP contribution in [0.3, 0.4) is 0 Å². The van der Waals surface area contributed by atoms with Gasteiger partial charge in [-0.2, -0.15) is 0 Å². The highest BCUT2D eigenvalue weighted by Crippen LogP contribution is 2.13. The molecule has 25 heavy (non-hydrogen) atoms. The van der Waals surface area contributed by atoms with E-state index in [0.717, 1.165) is 11.1 Å². The number of carbonyl (C=O) groups is 3. The van der Waals surface area contributed by atoms with Crippen molar-refractivity contribution in [3.8, 4) is 0 Å². The Labute approximate surface area is 145 Å². The minimum Gasteiger partial charge on any atom is -0.289 e. The Morgan fingerprint density at radius 1 is 0.560 bits per heavy atom. The van der Waals surface area contributed by atoms with Crippen molar-refractivity contribution in [1.29, 1.82) is 0 Å². The zero-order valence-electron chi connectivity index (χ0n) is 13.3. The van der Waals surface area contributed by atoms with Crippen molar-refractivity contribution < 1.29 is 14.4 Å². The maximum Gasteiger partial charge on any atom is 0.258 e. The third-order valence-corrected chi connectivity index (χ3v) is 3.72. The van der Waals surface area contributed by atoms with Crippen LogP contribution in [-0.2, 0) is 0 Å². The lowest BCUT2D eigenvalue weighted by atomic mass is 10.0. The van der Waals surface area contributed by atoms with Crippen molar-refractivity contribution in [2.24, 2.45) is 0 Å². The molecule has 0 bridgehead atoms. The Morgan fingerprint density at radius 3 is 1.32 bits per heavy atom. The quantitative estimate of drug-likeness (QED) is 0.578. The van der Waals surface area contributed by atoms with E-state index in [9.17, 15) is 14.4 Å². The molecule has 122 valence electrons. The van der Waals surface area contributed by atoms with Gasteiger partial charge in [0.25, 0.3) is 11.8 Å². The van der Waals surface area contributed by atoms with E-state index in [0.29, 0.717) is 11.1 Å². The summed E-state index contributed by atoms with van der Waals surface area (Å²) < 4.78 is 0. The van der Waals surface area contributed by atoms with Crippen molar-refractivity contribution >= 4 is 17.6 Å². The van der Waals surface area contributed by atoms with Crippen LogP contribution in [0.15, 0.2) is 84.9 Å². The molecule has 1 N–H and O–H groups in total. The highest BCUT2D eigenvalue weighted by atomic mass is 16.2. The van der Waals surface area contributed by atoms with Gasteiger partial charge in [-0.25, -0.2) is 0 Å². The molecule has 0 radical (unpaired) electrons. The predicted octanol–water partition coefficient (Wildman–Crippen LogP) is 3.49. The van der Waals surface area contributed by atoms with Gasteiger partial charge in [-0.3, -0.25) is 19.7 Å². The third kappa shape index (κ3) is 3.70. The molecule has 4 rings (SSSR count). The highest BCUT2D eigenvalue weighted by Gasteiger charge is 2.25. The summed E-state index contributed by atoms with van der Waals surface area (Å²) in [6.07, 6.45) is 0. The van der Waals surface area contributed by atoms with E-state index in [1.807, 2.05) is 60.7 Å². The van der Waals surface area contributed by atoms with Gasteiger partial charge in [0.2, 0.25) is 0 Å². The van der Waals surface area contributed by atoms with Crippen LogP contribution in [-0.4, -0.2) is 17.6 Å². The van der Waals surface area contributed by atoms with Gasteiger partial charge >= 0.3 is 0 Å². The topological polar surface area (TPSA) is 63.2 Å². The number of imide groups is 1. The average Bonchev–Trinajstić information content (AvgIpc) is 2.97. The molecule has 1 aliphatic rings. The second-order valence-electron chi connectivity index (χ2n) is 5.39. The molecule has 0 aliphatic carbocycles. The maximum absolute atomic E-state index is 11.8. The lowest BCUT2D eigenvalue weighted by Crippen LogP contribution is -2.19. The number of ketones is 1. The lowest BCUT2D eigenvalue weighted by Gasteiger charge is -1.99. The molecular formula is C21H15NO3. The summed E-state index contributed by atoms with van der Waals surface area (Å²) in [5.74, 6) is -0.526. The van der Waals surface area contributed by atoms with Crippen LogP contribution in [0.4, 0.5) is 0 Å². The molecule has 0 spiro atoms. The average molecular weight is 329 g/mol. The van der Waals surface area contributed by atoms with Gasteiger partial charge in [0.1, 0.15) is 0 Å². The summed E-state index contributed by atoms with van der Waals surface area (Å²) in [6, 6.07) is 25.3. The smallest absolute Gasteiger partial charge is 0.258 e. The Kier molecular flexibility index (Phi) is 4.81. The van der Waals surface area contributed by atoms with Gasteiger partial charge in [0.05, 0.1) is 11.1 Å². The summed E-state index contributed by atoms with van der Waals surface area (Å²) in [7, 11) is 0. The molecule has 0 fully saturated rings. The number of hydrogen-bond acceptors (Lipinski definition) is 3. The molecule has 4 nitrogen and oxygen atoms in total. The van der Waals surface area contributed by atoms with Gasteiger partial charge in [-0.1, -0.05) is 72.8 Å². The van der Waals surface area contributed by atoms with Crippen LogP contribution in [0.5, 0.6) is 0 Å². The lowest BCUT2D eigenvalue weighted by molar-refractivity contribution is 0.0879. The summed E-state index contributed by atoms with van der Waals surface area (Å²) in [4.78, 5) is 33.7. The van der Waals surface area contributed by atoms with Crippen LogP contribution >= 0.6 is 0 Å². The molecule has 1 aliphatic heterocycles. The van der Waals surface area contributed by atoms with Crippen molar-refractivity contribution in [1.82, 2.24) is 5.32 Å². The number of rotatable bonds is 2. The van der Waals surface area contributed by atoms with E-state index in [1.165, 1.54) is 0 Å². The van der Waals surface area contributed by atoms with Gasteiger partial charge in [-0.05, 0) is 12.1 Å².